The SMILES string of the molecule is COc1cc2c(cc1OCCCOc1cc3c(cc1CO)C(=O)N1C=C(c4ccc(C)cc4)C[C@H]1C=N3)N=C[C@@H]1CC(c3ccc([NH-])cc3)=CN1C2=O.[CH2-]C(=O)C1(N2C(=O)C=CC2=O)CN(C)C1.[W+2]. The van der Waals surface area contributed by atoms with E-state index in [1.807, 2.05) is 43.4 Å². The summed E-state index contributed by atoms with van der Waals surface area (Å²) in [5.74, 6) is -0.254. The molecule has 0 aromatic heterocycles. The van der Waals surface area contributed by atoms with Crippen LogP contribution in [-0.2, 0) is 42.1 Å². The number of imide groups is 1. The monoisotopic (exact) mass is 1100 g/mol. The third-order valence-electron chi connectivity index (χ3n) is 12.8. The van der Waals surface area contributed by atoms with Gasteiger partial charge in [-0.1, -0.05) is 54.1 Å². The van der Waals surface area contributed by atoms with Crippen LogP contribution in [0.25, 0.3) is 16.9 Å². The van der Waals surface area contributed by atoms with Crippen molar-refractivity contribution in [3.63, 3.8) is 0 Å². The normalized spacial score (nSPS) is 19.4. The fraction of sp³-hybridized carbons (Fsp3) is 0.269. The average molecular weight is 1100 g/mol. The first-order chi connectivity index (χ1) is 32.8. The van der Waals surface area contributed by atoms with Gasteiger partial charge in [0.1, 0.15) is 11.3 Å². The molecule has 6 heterocycles. The van der Waals surface area contributed by atoms with E-state index in [0.717, 1.165) is 27.2 Å². The number of hydrogen-bond acceptors (Lipinski definition) is 12. The summed E-state index contributed by atoms with van der Waals surface area (Å²) >= 11 is 0. The zero-order valence-corrected chi connectivity index (χ0v) is 41.1. The molecule has 352 valence electrons. The van der Waals surface area contributed by atoms with Crippen LogP contribution in [0.15, 0.2) is 107 Å². The van der Waals surface area contributed by atoms with E-state index in [9.17, 15) is 29.1 Å². The summed E-state index contributed by atoms with van der Waals surface area (Å²) < 4.78 is 17.8. The number of carbonyl (C=O) groups is 5. The predicted octanol–water partition coefficient (Wildman–Crippen LogP) is 6.97. The summed E-state index contributed by atoms with van der Waals surface area (Å²) in [5.41, 5.74) is 14.8. The number of nitrogens with zero attached hydrogens (tertiary/aromatic N) is 6. The molecule has 1 fully saturated rings. The first-order valence-electron chi connectivity index (χ1n) is 22.2. The molecular formula is C52H49N7O9W. The molecule has 0 saturated carbocycles. The van der Waals surface area contributed by atoms with Crippen LogP contribution in [0.5, 0.6) is 17.2 Å². The number of ether oxygens (including phenoxy) is 3. The van der Waals surface area contributed by atoms with Crippen molar-refractivity contribution < 1.29 is 64.4 Å². The Bertz CT molecular complexity index is 2710. The first kappa shape index (κ1) is 48.3. The summed E-state index contributed by atoms with van der Waals surface area (Å²) in [6.45, 7) is 6.39. The Morgan fingerprint density at radius 2 is 1.28 bits per heavy atom. The molecule has 6 aliphatic rings. The number of carbonyl (C=O) groups excluding carboxylic acids is 5. The molecule has 69 heavy (non-hydrogen) atoms. The van der Waals surface area contributed by atoms with Crippen molar-refractivity contribution in [2.75, 3.05) is 40.5 Å². The zero-order chi connectivity index (χ0) is 47.9. The van der Waals surface area contributed by atoms with Crippen molar-refractivity contribution in [2.24, 2.45) is 9.98 Å². The molecule has 2 N–H and O–H groups in total. The third kappa shape index (κ3) is 9.39. The number of nitrogens with one attached hydrogen (secondary N) is 1. The van der Waals surface area contributed by atoms with Crippen LogP contribution in [-0.4, -0.2) is 125 Å². The molecule has 0 radical (unpaired) electrons. The quantitative estimate of drug-likeness (QED) is 0.0880. The number of aliphatic imine (C=N–C) groups is 2. The van der Waals surface area contributed by atoms with E-state index in [2.05, 4.69) is 41.2 Å². The molecule has 4 amide bonds. The number of methoxy groups -OCH3 is 1. The molecule has 0 unspecified atom stereocenters. The Hall–Kier alpha value is -7.13. The molecule has 2 atom stereocenters. The maximum atomic E-state index is 13.7. The van der Waals surface area contributed by atoms with Crippen molar-refractivity contribution in [3.05, 3.63) is 143 Å². The van der Waals surface area contributed by atoms with Gasteiger partial charge in [0.05, 0.1) is 61.5 Å². The Balaban J connectivity index is 0.000000342. The summed E-state index contributed by atoms with van der Waals surface area (Å²) in [6, 6.07) is 21.9. The van der Waals surface area contributed by atoms with Gasteiger partial charge in [-0.15, -0.1) is 5.69 Å². The minimum Gasteiger partial charge on any atom is -0.699 e. The summed E-state index contributed by atoms with van der Waals surface area (Å²) in [4.78, 5) is 77.4. The van der Waals surface area contributed by atoms with Crippen molar-refractivity contribution in [3.8, 4) is 17.2 Å². The minimum absolute atomic E-state index is 0. The van der Waals surface area contributed by atoms with E-state index in [1.54, 1.807) is 58.6 Å². The number of likely N-dealkylation sites (N-methyl/N-ethyl adjacent to an activating group) is 1. The largest absolute Gasteiger partial charge is 2.00 e. The Kier molecular flexibility index (Phi) is 13.9. The van der Waals surface area contributed by atoms with Gasteiger partial charge >= 0.3 is 21.1 Å². The number of aryl methyl sites for hydroxylation is 1. The molecule has 4 aromatic carbocycles. The van der Waals surface area contributed by atoms with E-state index >= 15 is 0 Å². The Morgan fingerprint density at radius 1 is 0.768 bits per heavy atom. The molecule has 17 heteroatoms. The second-order valence-corrected chi connectivity index (χ2v) is 17.5. The molecule has 4 aromatic rings. The predicted molar refractivity (Wildman–Crippen MR) is 256 cm³/mol. The summed E-state index contributed by atoms with van der Waals surface area (Å²) in [6.07, 6.45) is 11.5. The van der Waals surface area contributed by atoms with Gasteiger partial charge in [-0.25, -0.2) is 0 Å². The molecule has 0 bridgehead atoms. The van der Waals surface area contributed by atoms with Crippen LogP contribution in [0, 0.1) is 13.8 Å². The fourth-order valence-electron chi connectivity index (χ4n) is 9.18. The number of rotatable bonds is 12. The van der Waals surface area contributed by atoms with Crippen LogP contribution in [0.4, 0.5) is 17.1 Å². The Morgan fingerprint density at radius 3 is 1.78 bits per heavy atom. The zero-order valence-electron chi connectivity index (χ0n) is 38.2. The van der Waals surface area contributed by atoms with E-state index in [-0.39, 0.29) is 70.6 Å². The van der Waals surface area contributed by atoms with E-state index in [1.165, 1.54) is 24.8 Å². The number of ketones is 1. The smallest absolute Gasteiger partial charge is 0.699 e. The van der Waals surface area contributed by atoms with Crippen LogP contribution in [0.3, 0.4) is 0 Å². The molecule has 0 aliphatic carbocycles. The molecule has 0 spiro atoms. The number of fused-ring (bicyclic) bond motifs is 4. The van der Waals surface area contributed by atoms with E-state index < -0.39 is 17.4 Å². The number of amides is 4. The van der Waals surface area contributed by atoms with E-state index in [0.29, 0.717) is 83.4 Å². The van der Waals surface area contributed by atoms with Gasteiger partial charge in [-0.3, -0.25) is 34.1 Å². The van der Waals surface area contributed by atoms with Crippen LogP contribution in [0.1, 0.15) is 62.2 Å². The second-order valence-electron chi connectivity index (χ2n) is 17.5. The van der Waals surface area contributed by atoms with E-state index in [4.69, 9.17) is 19.9 Å². The standard InChI is InChI=1S/C42H38N5O6.C10H11N2O3.W/c1-25-4-6-26(7-5-25)28-14-32-20-44-36-18-38(30(24-48)16-34(36)41(49)46(32)22-28)52-12-3-13-53-40-19-37-35(17-39(40)51-2)42(50)47-23-29(15-33(47)21-45-37)27-8-10-31(43)11-9-27;1-7(13)10(5-11(2)6-10)12-8(14)3-4-9(12)15;/h4-11,16-23,32-33,43,48H,3,12-15,24H2,1-2H3;3-4H,1,5-6H2,2H3;/q2*-1;+2/t32-,33-;;/m0../s1. The number of Topliss-reactive ketones (excluding diaryl/α,β-unsaturated/α-hetero) is 1. The molecule has 16 nitrogen and oxygen atoms in total. The van der Waals surface area contributed by atoms with Gasteiger partial charge in [-0.2, -0.15) is 0 Å². The number of aliphatic hydroxyl groups is 1. The summed E-state index contributed by atoms with van der Waals surface area (Å²) in [7, 11) is 3.35. The van der Waals surface area contributed by atoms with Gasteiger partial charge in [0.2, 0.25) is 0 Å². The molecule has 10 rings (SSSR count). The average Bonchev–Trinajstić information content (AvgIpc) is 4.01. The Labute approximate surface area is 413 Å². The molecule has 6 aliphatic heterocycles. The summed E-state index contributed by atoms with van der Waals surface area (Å²) in [5, 5.41) is 10.2. The molecular weight excluding hydrogens is 1050 g/mol. The van der Waals surface area contributed by atoms with Gasteiger partial charge in [0.15, 0.2) is 11.5 Å². The van der Waals surface area contributed by atoms with Crippen LogP contribution in [0.2, 0.25) is 0 Å². The minimum atomic E-state index is -1.04. The van der Waals surface area contributed by atoms with Crippen molar-refractivity contribution in [1.82, 2.24) is 19.6 Å². The van der Waals surface area contributed by atoms with Gasteiger partial charge in [0.25, 0.3) is 23.6 Å². The number of hydrogen-bond donors (Lipinski definition) is 1. The van der Waals surface area contributed by atoms with Crippen molar-refractivity contribution in [2.45, 2.75) is 50.4 Å². The van der Waals surface area contributed by atoms with Crippen LogP contribution >= 0.6 is 0 Å². The number of likely N-dealkylation sites (tertiary alicyclic amines) is 1. The topological polar surface area (TPSA) is 195 Å². The second kappa shape index (κ2) is 19.8. The van der Waals surface area contributed by atoms with Crippen LogP contribution < -0.4 is 14.2 Å². The third-order valence-corrected chi connectivity index (χ3v) is 12.8. The van der Waals surface area contributed by atoms with Gasteiger partial charge in [-0.05, 0) is 48.4 Å². The van der Waals surface area contributed by atoms with Gasteiger partial charge in [0, 0.05) is 92.8 Å². The maximum absolute atomic E-state index is 13.7. The number of aliphatic hydroxyl groups excluding tert-OH is 1. The first-order valence-corrected chi connectivity index (χ1v) is 22.2. The van der Waals surface area contributed by atoms with Crippen molar-refractivity contribution in [1.29, 1.82) is 0 Å². The van der Waals surface area contributed by atoms with Crippen molar-refractivity contribution >= 4 is 70.0 Å². The number of benzene rings is 4. The maximum Gasteiger partial charge on any atom is 2.00 e. The van der Waals surface area contributed by atoms with Gasteiger partial charge < -0.3 is 51.5 Å². The fourth-order valence-corrected chi connectivity index (χ4v) is 9.18. The molecule has 1 saturated heterocycles.